The van der Waals surface area contributed by atoms with E-state index in [1.807, 2.05) is 0 Å². The number of imidazole rings is 1. The average molecular weight is 699 g/mol. The normalized spacial score (nSPS) is 11.7. The van der Waals surface area contributed by atoms with Gasteiger partial charge in [-0.2, -0.15) is 4.39 Å². The van der Waals surface area contributed by atoms with Crippen molar-refractivity contribution in [1.82, 2.24) is 19.7 Å². The molecule has 41 heavy (non-hydrogen) atoms. The molecular weight excluding hydrogens is 665 g/mol. The molecule has 2 heterocycles. The van der Waals surface area contributed by atoms with E-state index < -0.39 is 11.6 Å². The van der Waals surface area contributed by atoms with Gasteiger partial charge in [0.05, 0.1) is 19.0 Å². The first-order valence-corrected chi connectivity index (χ1v) is 16.3. The van der Waals surface area contributed by atoms with Gasteiger partial charge in [0, 0.05) is 18.0 Å². The molecule has 0 fully saturated rings. The van der Waals surface area contributed by atoms with Crippen molar-refractivity contribution in [3.05, 3.63) is 71.1 Å². The number of ether oxygens (including phenoxy) is 1. The van der Waals surface area contributed by atoms with Crippen LogP contribution in [0.25, 0.3) is 16.9 Å². The van der Waals surface area contributed by atoms with E-state index in [1.54, 1.807) is 28.8 Å². The van der Waals surface area contributed by atoms with Crippen molar-refractivity contribution in [2.24, 2.45) is 0 Å². The number of rotatable bonds is 13. The van der Waals surface area contributed by atoms with Gasteiger partial charge in [0.1, 0.15) is 0 Å². The van der Waals surface area contributed by atoms with E-state index in [4.69, 9.17) is 16.3 Å². The third kappa shape index (κ3) is 6.73. The molecule has 0 unspecified atom stereocenters. The van der Waals surface area contributed by atoms with Crippen LogP contribution in [0.1, 0.15) is 37.6 Å². The van der Waals surface area contributed by atoms with Crippen LogP contribution in [0.3, 0.4) is 0 Å². The summed E-state index contributed by atoms with van der Waals surface area (Å²) in [4.78, 5) is 21.5. The number of amides is 1. The molecule has 12 heteroatoms. The van der Waals surface area contributed by atoms with Crippen molar-refractivity contribution >= 4 is 34.7 Å². The summed E-state index contributed by atoms with van der Waals surface area (Å²) in [5.74, 6) is -2.12. The molecule has 2 aromatic carbocycles. The topological polar surface area (TPSA) is 80.6 Å². The van der Waals surface area contributed by atoms with Crippen LogP contribution in [-0.4, -0.2) is 60.7 Å². The van der Waals surface area contributed by atoms with Gasteiger partial charge in [0.2, 0.25) is 5.82 Å². The van der Waals surface area contributed by atoms with E-state index >= 15 is 0 Å². The minimum atomic E-state index is -1.07. The van der Waals surface area contributed by atoms with Crippen LogP contribution >= 0.6 is 11.6 Å². The minimum absolute atomic E-state index is 0.0168. The summed E-state index contributed by atoms with van der Waals surface area (Å²) in [7, 11) is 1.28. The summed E-state index contributed by atoms with van der Waals surface area (Å²) in [5.41, 5.74) is 1.76. The number of halogens is 4. The van der Waals surface area contributed by atoms with E-state index in [0.717, 1.165) is 30.5 Å². The summed E-state index contributed by atoms with van der Waals surface area (Å²) in [6, 6.07) is 7.84. The van der Waals surface area contributed by atoms with E-state index in [2.05, 4.69) is 41.4 Å². The second-order valence-corrected chi connectivity index (χ2v) is 13.5. The predicted octanol–water partition coefficient (Wildman–Crippen LogP) is 3.08. The molecule has 0 aliphatic carbocycles. The van der Waals surface area contributed by atoms with Crippen LogP contribution in [0.4, 0.5) is 20.3 Å². The Bertz CT molecular complexity index is 1520. The van der Waals surface area contributed by atoms with Gasteiger partial charge < -0.3 is 4.74 Å². The quantitative estimate of drug-likeness (QED) is 0.0972. The first-order chi connectivity index (χ1) is 19.8. The molecule has 0 saturated carbocycles. The summed E-state index contributed by atoms with van der Waals surface area (Å²) in [6.07, 6.45) is 5.53. The van der Waals surface area contributed by atoms with Crippen molar-refractivity contribution in [1.29, 1.82) is 0 Å². The molecule has 0 aliphatic rings. The SMILES string of the molecule is CC[N+](CC)(CC)[I-]CCCNC(=O)c1ccc(Nc2nccn3c(-c4ccc(OC)c(F)c4F)cnc23)cc1Cl. The molecule has 220 valence electrons. The zero-order valence-electron chi connectivity index (χ0n) is 23.5. The number of nitrogens with zero attached hydrogens (tertiary/aromatic N) is 4. The second kappa shape index (κ2) is 13.8. The molecule has 4 rings (SSSR count). The zero-order valence-corrected chi connectivity index (χ0v) is 26.4. The molecule has 8 nitrogen and oxygen atoms in total. The van der Waals surface area contributed by atoms with Crippen LogP contribution in [0.5, 0.6) is 5.75 Å². The number of carbonyl (C=O) groups is 1. The Hall–Kier alpha value is -3.03. The van der Waals surface area contributed by atoms with E-state index in [1.165, 1.54) is 34.3 Å². The average Bonchev–Trinajstić information content (AvgIpc) is 3.41. The number of hydrogen-bond acceptors (Lipinski definition) is 5. The van der Waals surface area contributed by atoms with Crippen LogP contribution in [-0.2, 0) is 0 Å². The Balaban J connectivity index is 1.43. The van der Waals surface area contributed by atoms with Crippen molar-refractivity contribution in [2.45, 2.75) is 27.2 Å². The van der Waals surface area contributed by atoms with E-state index in [-0.39, 0.29) is 38.7 Å². The van der Waals surface area contributed by atoms with Crippen LogP contribution in [0, 0.1) is 11.6 Å². The van der Waals surface area contributed by atoms with Crippen LogP contribution in [0.2, 0.25) is 5.02 Å². The molecule has 4 aromatic rings. The molecule has 0 radical (unpaired) electrons. The van der Waals surface area contributed by atoms with Gasteiger partial charge in [-0.25, -0.2) is 9.37 Å². The Kier molecular flexibility index (Phi) is 10.4. The Labute approximate surface area is 254 Å². The fourth-order valence-corrected chi connectivity index (χ4v) is 7.99. The third-order valence-electron chi connectivity index (χ3n) is 7.08. The zero-order chi connectivity index (χ0) is 29.6. The van der Waals surface area contributed by atoms with Crippen LogP contribution < -0.4 is 36.8 Å². The van der Waals surface area contributed by atoms with Gasteiger partial charge in [0.25, 0.3) is 0 Å². The number of alkyl halides is 1. The van der Waals surface area contributed by atoms with Gasteiger partial charge in [-0.3, -0.25) is 4.40 Å². The van der Waals surface area contributed by atoms with E-state index in [9.17, 15) is 13.6 Å². The van der Waals surface area contributed by atoms with Crippen molar-refractivity contribution in [3.63, 3.8) is 0 Å². The van der Waals surface area contributed by atoms with Crippen LogP contribution in [0.15, 0.2) is 48.9 Å². The van der Waals surface area contributed by atoms with Crippen molar-refractivity contribution < 1.29 is 42.5 Å². The molecule has 2 aromatic heterocycles. The van der Waals surface area contributed by atoms with Gasteiger partial charge in [-0.05, 0) is 12.1 Å². The molecule has 0 bridgehead atoms. The molecule has 1 amide bonds. The standard InChI is InChI=1S/C29H34ClF2IN6O2/c1-5-39(6-2,7-3)33-13-8-14-35-29(40)20-10-9-19(17-22(20)30)37-27-28-36-18-23(38(28)16-15-34-27)21-11-12-24(41-4)26(32)25(21)31/h9-12,15-18H,5-8,13-14H2,1-4H3,(H,34,37)(H,35,40). The number of nitrogens with one attached hydrogen (secondary N) is 2. The number of hydrogen-bond donors (Lipinski definition) is 2. The number of methoxy groups -OCH3 is 1. The fraction of sp³-hybridized carbons (Fsp3) is 0.345. The maximum atomic E-state index is 14.8. The molecule has 0 atom stereocenters. The molecule has 0 spiro atoms. The number of quaternary nitrogens is 1. The molecule has 2 N–H and O–H groups in total. The summed E-state index contributed by atoms with van der Waals surface area (Å²) in [6.45, 7) is 10.9. The Morgan fingerprint density at radius 2 is 1.85 bits per heavy atom. The second-order valence-electron chi connectivity index (χ2n) is 9.27. The first kappa shape index (κ1) is 30.9. The number of benzene rings is 2. The molecule has 0 aliphatic heterocycles. The summed E-state index contributed by atoms with van der Waals surface area (Å²) < 4.78 is 37.9. The fourth-order valence-electron chi connectivity index (χ4n) is 4.53. The number of carbonyl (C=O) groups excluding carboxylic acids is 1. The summed E-state index contributed by atoms with van der Waals surface area (Å²) >= 11 is 6.50. The Morgan fingerprint density at radius 3 is 2.54 bits per heavy atom. The maximum absolute atomic E-state index is 14.8. The van der Waals surface area contributed by atoms with Gasteiger partial charge in [-0.1, -0.05) is 0 Å². The number of anilines is 2. The van der Waals surface area contributed by atoms with E-state index in [0.29, 0.717) is 40.0 Å². The van der Waals surface area contributed by atoms with Gasteiger partial charge in [-0.15, -0.1) is 0 Å². The van der Waals surface area contributed by atoms with Gasteiger partial charge >= 0.3 is 166 Å². The predicted molar refractivity (Wildman–Crippen MR) is 153 cm³/mol. The van der Waals surface area contributed by atoms with Gasteiger partial charge in [0.15, 0.2) is 11.6 Å². The first-order valence-electron chi connectivity index (χ1n) is 13.4. The Morgan fingerprint density at radius 1 is 1.10 bits per heavy atom. The molecule has 0 saturated heterocycles. The third-order valence-corrected chi connectivity index (χ3v) is 12.1. The number of fused-ring (bicyclic) bond motifs is 1. The number of aromatic nitrogens is 3. The monoisotopic (exact) mass is 698 g/mol. The summed E-state index contributed by atoms with van der Waals surface area (Å²) in [5, 5.41) is 6.44. The van der Waals surface area contributed by atoms with Crippen molar-refractivity contribution in [3.8, 4) is 17.0 Å². The molecular formula is C29H34ClF2IN6O2. The van der Waals surface area contributed by atoms with Crippen molar-refractivity contribution in [2.75, 3.05) is 43.0 Å².